The van der Waals surface area contributed by atoms with E-state index in [1.807, 2.05) is 67.7 Å². The Morgan fingerprint density at radius 2 is 1.78 bits per heavy atom. The predicted octanol–water partition coefficient (Wildman–Crippen LogP) is 3.50. The summed E-state index contributed by atoms with van der Waals surface area (Å²) >= 11 is 0. The third-order valence-corrected chi connectivity index (χ3v) is 3.55. The van der Waals surface area contributed by atoms with E-state index < -0.39 is 0 Å². The first-order valence-electron chi connectivity index (χ1n) is 7.43. The minimum Gasteiger partial charge on any atom is -0.334 e. The summed E-state index contributed by atoms with van der Waals surface area (Å²) in [6, 6.07) is 19.2. The highest BCUT2D eigenvalue weighted by molar-refractivity contribution is 5.88. The molecule has 3 rings (SSSR count). The van der Waals surface area contributed by atoms with Crippen LogP contribution in [0.1, 0.15) is 11.1 Å². The molecule has 1 heterocycles. The molecule has 0 atom stereocenters. The molecule has 0 bridgehead atoms. The first-order chi connectivity index (χ1) is 11.2. The molecule has 0 saturated heterocycles. The highest BCUT2D eigenvalue weighted by atomic mass is 16.2. The number of amides is 2. The molecule has 0 radical (unpaired) electrons. The van der Waals surface area contributed by atoms with Gasteiger partial charge in [-0.2, -0.15) is 0 Å². The van der Waals surface area contributed by atoms with Gasteiger partial charge in [0.2, 0.25) is 0 Å². The number of aromatic nitrogens is 2. The molecule has 0 aliphatic carbocycles. The van der Waals surface area contributed by atoms with E-state index in [4.69, 9.17) is 0 Å². The first kappa shape index (κ1) is 14.8. The molecule has 5 nitrogen and oxygen atoms in total. The van der Waals surface area contributed by atoms with Crippen molar-refractivity contribution in [3.63, 3.8) is 0 Å². The Balaban J connectivity index is 1.58. The first-order valence-corrected chi connectivity index (χ1v) is 7.43. The zero-order chi connectivity index (χ0) is 16.1. The summed E-state index contributed by atoms with van der Waals surface area (Å²) in [5.41, 5.74) is 3.19. The summed E-state index contributed by atoms with van der Waals surface area (Å²) in [5.74, 6) is 0.510. The van der Waals surface area contributed by atoms with Gasteiger partial charge in [0.1, 0.15) is 0 Å². The van der Waals surface area contributed by atoms with Crippen molar-refractivity contribution in [3.05, 3.63) is 78.0 Å². The van der Waals surface area contributed by atoms with Crippen LogP contribution in [0.2, 0.25) is 0 Å². The lowest BCUT2D eigenvalue weighted by Gasteiger charge is -2.08. The van der Waals surface area contributed by atoms with Gasteiger partial charge in [0.15, 0.2) is 5.82 Å². The number of carbonyl (C=O) groups excluding carboxylic acids is 1. The van der Waals surface area contributed by atoms with Crippen LogP contribution in [0, 0.1) is 6.92 Å². The zero-order valence-corrected chi connectivity index (χ0v) is 12.9. The number of benzene rings is 2. The maximum atomic E-state index is 12.0. The number of hydrogen-bond acceptors (Lipinski definition) is 2. The van der Waals surface area contributed by atoms with Crippen LogP contribution in [-0.2, 0) is 6.54 Å². The molecule has 23 heavy (non-hydrogen) atoms. The van der Waals surface area contributed by atoms with Gasteiger partial charge in [-0.3, -0.25) is 5.32 Å². The Hall–Kier alpha value is -3.08. The summed E-state index contributed by atoms with van der Waals surface area (Å²) < 4.78 is 1.72. The van der Waals surface area contributed by atoms with Gasteiger partial charge in [-0.05, 0) is 30.2 Å². The van der Waals surface area contributed by atoms with E-state index >= 15 is 0 Å². The monoisotopic (exact) mass is 306 g/mol. The van der Waals surface area contributed by atoms with Crippen LogP contribution >= 0.6 is 0 Å². The molecule has 5 heteroatoms. The van der Waals surface area contributed by atoms with E-state index in [2.05, 4.69) is 15.7 Å². The summed E-state index contributed by atoms with van der Waals surface area (Å²) in [6.07, 6.45) is 1.81. The Labute approximate surface area is 135 Å². The fourth-order valence-electron chi connectivity index (χ4n) is 2.26. The molecular weight excluding hydrogens is 288 g/mol. The van der Waals surface area contributed by atoms with Crippen LogP contribution in [-0.4, -0.2) is 15.8 Å². The summed E-state index contributed by atoms with van der Waals surface area (Å²) in [6.45, 7) is 2.51. The average molecular weight is 306 g/mol. The molecule has 3 aromatic rings. The van der Waals surface area contributed by atoms with Gasteiger partial charge in [-0.15, -0.1) is 5.10 Å². The van der Waals surface area contributed by atoms with E-state index in [1.165, 1.54) is 0 Å². The van der Waals surface area contributed by atoms with Gasteiger partial charge in [0, 0.05) is 18.8 Å². The maximum absolute atomic E-state index is 12.0. The number of hydrogen-bond donors (Lipinski definition) is 2. The van der Waals surface area contributed by atoms with Crippen LogP contribution in [0.3, 0.4) is 0 Å². The molecule has 2 N–H and O–H groups in total. The van der Waals surface area contributed by atoms with Crippen LogP contribution < -0.4 is 10.6 Å². The van der Waals surface area contributed by atoms with Gasteiger partial charge in [0.25, 0.3) is 0 Å². The SMILES string of the molecule is Cc1ccccc1CNC(=O)Nc1ccn(-c2ccccc2)n1. The smallest absolute Gasteiger partial charge is 0.320 e. The number of carbonyl (C=O) groups is 1. The van der Waals surface area contributed by atoms with Gasteiger partial charge in [-0.25, -0.2) is 9.48 Å². The molecule has 1 aromatic heterocycles. The van der Waals surface area contributed by atoms with Crippen molar-refractivity contribution >= 4 is 11.8 Å². The van der Waals surface area contributed by atoms with Crippen LogP contribution in [0.25, 0.3) is 5.69 Å². The number of nitrogens with zero attached hydrogens (tertiary/aromatic N) is 2. The quantitative estimate of drug-likeness (QED) is 0.775. The molecule has 2 aromatic carbocycles. The normalized spacial score (nSPS) is 10.3. The Morgan fingerprint density at radius 3 is 2.57 bits per heavy atom. The molecule has 0 spiro atoms. The number of nitrogens with one attached hydrogen (secondary N) is 2. The minimum absolute atomic E-state index is 0.272. The lowest BCUT2D eigenvalue weighted by molar-refractivity contribution is 0.251. The average Bonchev–Trinajstić information content (AvgIpc) is 3.03. The van der Waals surface area contributed by atoms with Gasteiger partial charge in [0.05, 0.1) is 5.69 Å². The number of anilines is 1. The van der Waals surface area contributed by atoms with Crippen LogP contribution in [0.15, 0.2) is 66.9 Å². The Bertz CT molecular complexity index is 796. The number of rotatable bonds is 4. The number of aryl methyl sites for hydroxylation is 1. The Kier molecular flexibility index (Phi) is 4.38. The van der Waals surface area contributed by atoms with Crippen LogP contribution in [0.5, 0.6) is 0 Å². The van der Waals surface area contributed by atoms with Crippen molar-refractivity contribution in [1.82, 2.24) is 15.1 Å². The maximum Gasteiger partial charge on any atom is 0.320 e. The van der Waals surface area contributed by atoms with Crippen molar-refractivity contribution < 1.29 is 4.79 Å². The number of para-hydroxylation sites is 1. The summed E-state index contributed by atoms with van der Waals surface area (Å²) in [7, 11) is 0. The third-order valence-electron chi connectivity index (χ3n) is 3.55. The van der Waals surface area contributed by atoms with Gasteiger partial charge >= 0.3 is 6.03 Å². The van der Waals surface area contributed by atoms with Crippen molar-refractivity contribution in [1.29, 1.82) is 0 Å². The van der Waals surface area contributed by atoms with Crippen molar-refractivity contribution in [2.45, 2.75) is 13.5 Å². The fourth-order valence-corrected chi connectivity index (χ4v) is 2.26. The van der Waals surface area contributed by atoms with Crippen molar-refractivity contribution in [2.75, 3.05) is 5.32 Å². The molecule has 2 amide bonds. The lowest BCUT2D eigenvalue weighted by Crippen LogP contribution is -2.28. The number of urea groups is 1. The molecule has 0 aliphatic rings. The highest BCUT2D eigenvalue weighted by Crippen LogP contribution is 2.10. The van der Waals surface area contributed by atoms with E-state index in [0.717, 1.165) is 16.8 Å². The second-order valence-corrected chi connectivity index (χ2v) is 5.22. The fraction of sp³-hybridized carbons (Fsp3) is 0.111. The van der Waals surface area contributed by atoms with E-state index in [9.17, 15) is 4.79 Å². The molecule has 116 valence electrons. The standard InChI is InChI=1S/C18H18N4O/c1-14-7-5-6-8-15(14)13-19-18(23)20-17-11-12-22(21-17)16-9-3-2-4-10-16/h2-12H,13H2,1H3,(H2,19,20,21,23). The van der Waals surface area contributed by atoms with Crippen molar-refractivity contribution in [3.8, 4) is 5.69 Å². The third kappa shape index (κ3) is 3.77. The van der Waals surface area contributed by atoms with E-state index in [-0.39, 0.29) is 6.03 Å². The molecule has 0 aliphatic heterocycles. The molecule has 0 saturated carbocycles. The van der Waals surface area contributed by atoms with Crippen molar-refractivity contribution in [2.24, 2.45) is 0 Å². The second kappa shape index (κ2) is 6.79. The largest absolute Gasteiger partial charge is 0.334 e. The lowest BCUT2D eigenvalue weighted by atomic mass is 10.1. The topological polar surface area (TPSA) is 59.0 Å². The van der Waals surface area contributed by atoms with E-state index in [1.54, 1.807) is 10.7 Å². The molecule has 0 fully saturated rings. The summed E-state index contributed by atoms with van der Waals surface area (Å²) in [5, 5.41) is 9.92. The molecule has 0 unspecified atom stereocenters. The summed E-state index contributed by atoms with van der Waals surface area (Å²) in [4.78, 5) is 12.0. The van der Waals surface area contributed by atoms with E-state index in [0.29, 0.717) is 12.4 Å². The van der Waals surface area contributed by atoms with Crippen LogP contribution in [0.4, 0.5) is 10.6 Å². The molecular formula is C18H18N4O. The highest BCUT2D eigenvalue weighted by Gasteiger charge is 2.06. The predicted molar refractivity (Wildman–Crippen MR) is 90.6 cm³/mol. The minimum atomic E-state index is -0.272. The zero-order valence-electron chi connectivity index (χ0n) is 12.9. The van der Waals surface area contributed by atoms with Gasteiger partial charge in [-0.1, -0.05) is 42.5 Å². The second-order valence-electron chi connectivity index (χ2n) is 5.22. The van der Waals surface area contributed by atoms with Gasteiger partial charge < -0.3 is 5.32 Å². The Morgan fingerprint density at radius 1 is 1.04 bits per heavy atom.